The molecule has 0 radical (unpaired) electrons. The van der Waals surface area contributed by atoms with Crippen molar-refractivity contribution < 1.29 is 9.90 Å². The van der Waals surface area contributed by atoms with Crippen molar-refractivity contribution in [3.05, 3.63) is 17.0 Å². The van der Waals surface area contributed by atoms with Gasteiger partial charge in [-0.1, -0.05) is 0 Å². The number of aliphatic carboxylic acids is 1. The first-order chi connectivity index (χ1) is 7.16. The third kappa shape index (κ3) is 2.04. The van der Waals surface area contributed by atoms with Gasteiger partial charge in [0.15, 0.2) is 0 Å². The largest absolute Gasteiger partial charge is 0.481 e. The van der Waals surface area contributed by atoms with E-state index in [0.29, 0.717) is 12.2 Å². The van der Waals surface area contributed by atoms with Crippen LogP contribution in [-0.2, 0) is 24.2 Å². The Balaban J connectivity index is 2.43. The van der Waals surface area contributed by atoms with E-state index >= 15 is 0 Å². The van der Waals surface area contributed by atoms with Crippen molar-refractivity contribution in [1.29, 1.82) is 0 Å². The van der Waals surface area contributed by atoms with E-state index in [9.17, 15) is 4.79 Å². The van der Waals surface area contributed by atoms with Crippen LogP contribution in [0.5, 0.6) is 0 Å². The van der Waals surface area contributed by atoms with E-state index in [4.69, 9.17) is 10.8 Å². The van der Waals surface area contributed by atoms with Crippen molar-refractivity contribution >= 4 is 11.9 Å². The second-order valence-electron chi connectivity index (χ2n) is 3.45. The van der Waals surface area contributed by atoms with Crippen molar-refractivity contribution in [2.75, 3.05) is 12.3 Å². The number of nitrogens with one attached hydrogen (secondary N) is 1. The zero-order valence-electron chi connectivity index (χ0n) is 8.16. The lowest BCUT2D eigenvalue weighted by Gasteiger charge is -2.18. The average molecular weight is 208 g/mol. The summed E-state index contributed by atoms with van der Waals surface area (Å²) in [6.07, 6.45) is 0.674. The van der Waals surface area contributed by atoms with Gasteiger partial charge < -0.3 is 16.2 Å². The molecule has 0 saturated carbocycles. The van der Waals surface area contributed by atoms with Gasteiger partial charge in [0.2, 0.25) is 5.95 Å². The Bertz CT molecular complexity index is 405. The topological polar surface area (TPSA) is 101 Å². The number of anilines is 1. The second kappa shape index (κ2) is 3.82. The van der Waals surface area contributed by atoms with Crippen molar-refractivity contribution in [2.24, 2.45) is 0 Å². The number of fused-ring (bicyclic) bond motifs is 1. The van der Waals surface area contributed by atoms with Gasteiger partial charge in [0.25, 0.3) is 0 Å². The monoisotopic (exact) mass is 208 g/mol. The minimum atomic E-state index is -0.895. The highest BCUT2D eigenvalue weighted by molar-refractivity contribution is 5.70. The minimum absolute atomic E-state index is 0.0882. The normalized spacial score (nSPS) is 14.7. The van der Waals surface area contributed by atoms with E-state index in [1.165, 1.54) is 0 Å². The van der Waals surface area contributed by atoms with Crippen LogP contribution in [-0.4, -0.2) is 27.6 Å². The summed E-state index contributed by atoms with van der Waals surface area (Å²) < 4.78 is 0. The molecule has 15 heavy (non-hydrogen) atoms. The fourth-order valence-corrected chi connectivity index (χ4v) is 1.75. The molecule has 0 fully saturated rings. The van der Waals surface area contributed by atoms with Gasteiger partial charge in [-0.3, -0.25) is 4.79 Å². The fraction of sp³-hybridized carbons (Fsp3) is 0.444. The number of nitrogens with two attached hydrogens (primary N) is 1. The molecule has 0 saturated heterocycles. The van der Waals surface area contributed by atoms with Crippen molar-refractivity contribution in [3.63, 3.8) is 0 Å². The lowest BCUT2D eigenvalue weighted by Crippen LogP contribution is -2.27. The van der Waals surface area contributed by atoms with Crippen LogP contribution >= 0.6 is 0 Å². The van der Waals surface area contributed by atoms with E-state index in [1.54, 1.807) is 0 Å². The maximum atomic E-state index is 10.6. The van der Waals surface area contributed by atoms with Crippen LogP contribution in [0.2, 0.25) is 0 Å². The molecule has 0 aromatic carbocycles. The third-order valence-corrected chi connectivity index (χ3v) is 2.36. The minimum Gasteiger partial charge on any atom is -0.481 e. The molecule has 1 aliphatic heterocycles. The Morgan fingerprint density at radius 1 is 1.53 bits per heavy atom. The van der Waals surface area contributed by atoms with E-state index in [1.807, 2.05) is 0 Å². The number of carbonyl (C=O) groups is 1. The fourth-order valence-electron chi connectivity index (χ4n) is 1.75. The first-order valence-electron chi connectivity index (χ1n) is 4.73. The summed E-state index contributed by atoms with van der Waals surface area (Å²) in [4.78, 5) is 18.7. The number of aromatic nitrogens is 2. The van der Waals surface area contributed by atoms with E-state index in [-0.39, 0.29) is 12.4 Å². The number of carboxylic acid groups (broad SMARTS) is 1. The van der Waals surface area contributed by atoms with Gasteiger partial charge in [-0.05, 0) is 18.5 Å². The van der Waals surface area contributed by atoms with Crippen molar-refractivity contribution in [3.8, 4) is 0 Å². The Morgan fingerprint density at radius 2 is 2.33 bits per heavy atom. The average Bonchev–Trinajstić information content (AvgIpc) is 2.16. The lowest BCUT2D eigenvalue weighted by atomic mass is 10.0. The van der Waals surface area contributed by atoms with Crippen LogP contribution in [0.4, 0.5) is 5.95 Å². The molecule has 0 atom stereocenters. The molecule has 2 heterocycles. The molecule has 0 amide bonds. The summed E-state index contributed by atoms with van der Waals surface area (Å²) in [6, 6.07) is 0. The molecular weight excluding hydrogens is 196 g/mol. The van der Waals surface area contributed by atoms with Gasteiger partial charge in [-0.15, -0.1) is 0 Å². The zero-order valence-corrected chi connectivity index (χ0v) is 8.16. The molecule has 0 bridgehead atoms. The third-order valence-electron chi connectivity index (χ3n) is 2.36. The van der Waals surface area contributed by atoms with Gasteiger partial charge in [-0.25, -0.2) is 9.97 Å². The van der Waals surface area contributed by atoms with Gasteiger partial charge in [0.1, 0.15) is 0 Å². The molecule has 6 nitrogen and oxygen atoms in total. The van der Waals surface area contributed by atoms with Crippen LogP contribution in [0.15, 0.2) is 0 Å². The summed E-state index contributed by atoms with van der Waals surface area (Å²) in [5, 5.41) is 11.9. The molecular formula is C9H12N4O2. The summed E-state index contributed by atoms with van der Waals surface area (Å²) >= 11 is 0. The van der Waals surface area contributed by atoms with Crippen LogP contribution in [0.1, 0.15) is 17.0 Å². The van der Waals surface area contributed by atoms with Gasteiger partial charge in [0.05, 0.1) is 17.8 Å². The number of nitrogens with zero attached hydrogens (tertiary/aromatic N) is 2. The second-order valence-corrected chi connectivity index (χ2v) is 3.45. The predicted octanol–water partition coefficient (Wildman–Crippen LogP) is -0.668. The Kier molecular flexibility index (Phi) is 2.51. The van der Waals surface area contributed by atoms with Crippen LogP contribution in [0.3, 0.4) is 0 Å². The molecule has 80 valence electrons. The SMILES string of the molecule is Nc1nc2c(c(CC(=O)O)n1)CCNC2. The number of hydrogen-bond donors (Lipinski definition) is 3. The Labute approximate surface area is 86.5 Å². The van der Waals surface area contributed by atoms with Crippen molar-refractivity contribution in [1.82, 2.24) is 15.3 Å². The van der Waals surface area contributed by atoms with Crippen molar-refractivity contribution in [2.45, 2.75) is 19.4 Å². The number of rotatable bonds is 2. The molecule has 2 rings (SSSR count). The van der Waals surface area contributed by atoms with Crippen LogP contribution < -0.4 is 11.1 Å². The zero-order chi connectivity index (χ0) is 10.8. The molecule has 0 unspecified atom stereocenters. The van der Waals surface area contributed by atoms with Gasteiger partial charge >= 0.3 is 5.97 Å². The van der Waals surface area contributed by atoms with Crippen LogP contribution in [0, 0.1) is 0 Å². The summed E-state index contributed by atoms with van der Waals surface area (Å²) in [5.41, 5.74) is 7.82. The molecule has 0 spiro atoms. The quantitative estimate of drug-likeness (QED) is 0.596. The van der Waals surface area contributed by atoms with E-state index < -0.39 is 5.97 Å². The Morgan fingerprint density at radius 3 is 3.07 bits per heavy atom. The number of hydrogen-bond acceptors (Lipinski definition) is 5. The highest BCUT2D eigenvalue weighted by Crippen LogP contribution is 2.17. The predicted molar refractivity (Wildman–Crippen MR) is 53.2 cm³/mol. The van der Waals surface area contributed by atoms with Gasteiger partial charge in [-0.2, -0.15) is 0 Å². The van der Waals surface area contributed by atoms with E-state index in [0.717, 1.165) is 24.2 Å². The maximum Gasteiger partial charge on any atom is 0.309 e. The maximum absolute atomic E-state index is 10.6. The summed E-state index contributed by atoms with van der Waals surface area (Å²) in [7, 11) is 0. The van der Waals surface area contributed by atoms with Gasteiger partial charge in [0, 0.05) is 6.54 Å². The number of nitrogen functional groups attached to an aromatic ring is 1. The first kappa shape index (κ1) is 9.85. The molecule has 1 aromatic rings. The molecule has 1 aliphatic rings. The number of carboxylic acids is 1. The highest BCUT2D eigenvalue weighted by atomic mass is 16.4. The first-order valence-corrected chi connectivity index (χ1v) is 4.73. The Hall–Kier alpha value is -1.69. The molecule has 4 N–H and O–H groups in total. The lowest BCUT2D eigenvalue weighted by molar-refractivity contribution is -0.136. The molecule has 6 heteroatoms. The standard InChI is InChI=1S/C9H12N4O2/c10-9-12-6(3-8(14)15)5-1-2-11-4-7(5)13-9/h11H,1-4H2,(H,14,15)(H2,10,12,13). The molecule has 0 aliphatic carbocycles. The summed E-state index contributed by atoms with van der Waals surface area (Å²) in [5.74, 6) is -0.748. The van der Waals surface area contributed by atoms with Crippen LogP contribution in [0.25, 0.3) is 0 Å². The van der Waals surface area contributed by atoms with E-state index in [2.05, 4.69) is 15.3 Å². The highest BCUT2D eigenvalue weighted by Gasteiger charge is 2.18. The summed E-state index contributed by atoms with van der Waals surface area (Å²) in [6.45, 7) is 1.46. The molecule has 1 aromatic heterocycles. The smallest absolute Gasteiger partial charge is 0.309 e.